The molecule has 3 heterocycles. The summed E-state index contributed by atoms with van der Waals surface area (Å²) in [6, 6.07) is 0. The van der Waals surface area contributed by atoms with Crippen LogP contribution in [-0.2, 0) is 11.3 Å². The Morgan fingerprint density at radius 3 is 3.12 bits per heavy atom. The van der Waals surface area contributed by atoms with Gasteiger partial charge in [-0.1, -0.05) is 0 Å². The Bertz CT molecular complexity index is 508. The SMILES string of the molecule is CC1(C)C(=O)NC2=Nc3ncncc3CN21. The van der Waals surface area contributed by atoms with Gasteiger partial charge in [0.05, 0.1) is 6.54 Å². The molecule has 3 rings (SSSR count). The molecule has 1 aromatic heterocycles. The number of amides is 1. The lowest BCUT2D eigenvalue weighted by atomic mass is 10.0. The van der Waals surface area contributed by atoms with E-state index in [0.29, 0.717) is 18.3 Å². The number of nitrogens with zero attached hydrogens (tertiary/aromatic N) is 4. The van der Waals surface area contributed by atoms with E-state index in [2.05, 4.69) is 20.3 Å². The minimum atomic E-state index is -0.563. The summed E-state index contributed by atoms with van der Waals surface area (Å²) >= 11 is 0. The van der Waals surface area contributed by atoms with Crippen LogP contribution < -0.4 is 5.32 Å². The van der Waals surface area contributed by atoms with Gasteiger partial charge in [-0.05, 0) is 13.8 Å². The second-order valence-electron chi connectivity index (χ2n) is 4.41. The first-order valence-electron chi connectivity index (χ1n) is 5.06. The highest BCUT2D eigenvalue weighted by molar-refractivity contribution is 6.09. The van der Waals surface area contributed by atoms with Gasteiger partial charge in [0.2, 0.25) is 5.96 Å². The fourth-order valence-electron chi connectivity index (χ4n) is 1.90. The largest absolute Gasteiger partial charge is 0.324 e. The lowest BCUT2D eigenvalue weighted by molar-refractivity contribution is -0.125. The summed E-state index contributed by atoms with van der Waals surface area (Å²) in [7, 11) is 0. The molecule has 1 fully saturated rings. The van der Waals surface area contributed by atoms with Gasteiger partial charge in [0.1, 0.15) is 11.9 Å². The molecule has 0 atom stereocenters. The lowest BCUT2D eigenvalue weighted by Crippen LogP contribution is -2.44. The first-order chi connectivity index (χ1) is 7.59. The van der Waals surface area contributed by atoms with Crippen LogP contribution in [0.5, 0.6) is 0 Å². The van der Waals surface area contributed by atoms with Gasteiger partial charge in [0.15, 0.2) is 5.82 Å². The Balaban J connectivity index is 2.11. The Morgan fingerprint density at radius 2 is 2.31 bits per heavy atom. The Labute approximate surface area is 92.4 Å². The van der Waals surface area contributed by atoms with Crippen molar-refractivity contribution in [3.63, 3.8) is 0 Å². The molecule has 0 unspecified atom stereocenters. The van der Waals surface area contributed by atoms with Crippen LogP contribution in [0.15, 0.2) is 17.5 Å². The third-order valence-electron chi connectivity index (χ3n) is 3.02. The van der Waals surface area contributed by atoms with Crippen LogP contribution in [-0.4, -0.2) is 32.3 Å². The number of rotatable bonds is 0. The minimum absolute atomic E-state index is 0.0352. The number of fused-ring (bicyclic) bond motifs is 2. The number of nitrogens with one attached hydrogen (secondary N) is 1. The molecule has 0 spiro atoms. The van der Waals surface area contributed by atoms with Crippen molar-refractivity contribution < 1.29 is 4.79 Å². The molecule has 82 valence electrons. The number of carbonyl (C=O) groups is 1. The van der Waals surface area contributed by atoms with Crippen molar-refractivity contribution >= 4 is 17.7 Å². The average molecular weight is 217 g/mol. The third-order valence-corrected chi connectivity index (χ3v) is 3.02. The molecule has 1 saturated heterocycles. The van der Waals surface area contributed by atoms with Gasteiger partial charge in [-0.3, -0.25) is 10.1 Å². The fourth-order valence-corrected chi connectivity index (χ4v) is 1.90. The van der Waals surface area contributed by atoms with Gasteiger partial charge in [0, 0.05) is 11.8 Å². The normalized spacial score (nSPS) is 21.0. The molecule has 2 aliphatic heterocycles. The standard InChI is InChI=1S/C10H11N5O/c1-10(2)8(16)14-9-13-7-6(4-15(9)10)3-11-5-12-7/h3,5H,4H2,1-2H3,(H,11,12,13,14,16). The highest BCUT2D eigenvalue weighted by Gasteiger charge is 2.45. The number of carbonyl (C=O) groups excluding carboxylic acids is 1. The molecule has 2 aliphatic rings. The molecule has 0 saturated carbocycles. The van der Waals surface area contributed by atoms with Crippen LogP contribution >= 0.6 is 0 Å². The van der Waals surface area contributed by atoms with Gasteiger partial charge in [-0.25, -0.2) is 9.97 Å². The molecule has 1 aromatic rings. The van der Waals surface area contributed by atoms with Crippen molar-refractivity contribution in [3.8, 4) is 0 Å². The van der Waals surface area contributed by atoms with Crippen molar-refractivity contribution in [2.24, 2.45) is 4.99 Å². The van der Waals surface area contributed by atoms with E-state index in [1.807, 2.05) is 18.7 Å². The van der Waals surface area contributed by atoms with Crippen LogP contribution in [0.25, 0.3) is 0 Å². The summed E-state index contributed by atoms with van der Waals surface area (Å²) in [5.41, 5.74) is 0.377. The van der Waals surface area contributed by atoms with Gasteiger partial charge in [0.25, 0.3) is 5.91 Å². The first-order valence-corrected chi connectivity index (χ1v) is 5.06. The van der Waals surface area contributed by atoms with Gasteiger partial charge in [-0.15, -0.1) is 0 Å². The van der Waals surface area contributed by atoms with Crippen LogP contribution in [0, 0.1) is 0 Å². The number of hydrogen-bond acceptors (Lipinski definition) is 5. The second-order valence-corrected chi connectivity index (χ2v) is 4.41. The van der Waals surface area contributed by atoms with E-state index in [1.165, 1.54) is 6.33 Å². The molecule has 1 N–H and O–H groups in total. The zero-order valence-corrected chi connectivity index (χ0v) is 9.06. The van der Waals surface area contributed by atoms with Crippen LogP contribution in [0.1, 0.15) is 19.4 Å². The highest BCUT2D eigenvalue weighted by Crippen LogP contribution is 2.30. The van der Waals surface area contributed by atoms with Crippen molar-refractivity contribution in [1.29, 1.82) is 0 Å². The predicted molar refractivity (Wildman–Crippen MR) is 56.9 cm³/mol. The summed E-state index contributed by atoms with van der Waals surface area (Å²) in [5, 5.41) is 2.76. The van der Waals surface area contributed by atoms with E-state index >= 15 is 0 Å². The van der Waals surface area contributed by atoms with Crippen LogP contribution in [0.2, 0.25) is 0 Å². The van der Waals surface area contributed by atoms with Crippen molar-refractivity contribution in [2.75, 3.05) is 0 Å². The molecule has 6 heteroatoms. The van der Waals surface area contributed by atoms with Crippen molar-refractivity contribution in [1.82, 2.24) is 20.2 Å². The number of guanidine groups is 1. The fraction of sp³-hybridized carbons (Fsp3) is 0.400. The summed E-state index contributed by atoms with van der Waals surface area (Å²) in [6.45, 7) is 4.36. The monoisotopic (exact) mass is 217 g/mol. The zero-order chi connectivity index (χ0) is 11.3. The van der Waals surface area contributed by atoms with Crippen LogP contribution in [0.4, 0.5) is 5.82 Å². The molecule has 0 radical (unpaired) electrons. The number of aromatic nitrogens is 2. The van der Waals surface area contributed by atoms with E-state index in [9.17, 15) is 4.79 Å². The smallest absolute Gasteiger partial charge is 0.252 e. The Kier molecular flexibility index (Phi) is 1.61. The minimum Gasteiger partial charge on any atom is -0.324 e. The van der Waals surface area contributed by atoms with E-state index < -0.39 is 5.54 Å². The number of aliphatic imine (C=N–C) groups is 1. The maximum absolute atomic E-state index is 11.7. The summed E-state index contributed by atoms with van der Waals surface area (Å²) < 4.78 is 0. The van der Waals surface area contributed by atoms with E-state index in [1.54, 1.807) is 6.20 Å². The van der Waals surface area contributed by atoms with E-state index in [4.69, 9.17) is 0 Å². The predicted octanol–water partition coefficient (Wildman–Crippen LogP) is 0.188. The Morgan fingerprint density at radius 1 is 1.50 bits per heavy atom. The van der Waals surface area contributed by atoms with E-state index in [0.717, 1.165) is 5.56 Å². The van der Waals surface area contributed by atoms with Gasteiger partial charge >= 0.3 is 0 Å². The second kappa shape index (κ2) is 2.78. The number of hydrogen-bond donors (Lipinski definition) is 1. The molecule has 16 heavy (non-hydrogen) atoms. The summed E-state index contributed by atoms with van der Waals surface area (Å²) in [4.78, 5) is 26.0. The van der Waals surface area contributed by atoms with Crippen LogP contribution in [0.3, 0.4) is 0 Å². The molecule has 6 nitrogen and oxygen atoms in total. The topological polar surface area (TPSA) is 70.5 Å². The van der Waals surface area contributed by atoms with E-state index in [-0.39, 0.29) is 5.91 Å². The maximum Gasteiger partial charge on any atom is 0.252 e. The molecule has 0 bridgehead atoms. The quantitative estimate of drug-likeness (QED) is 0.673. The van der Waals surface area contributed by atoms with Gasteiger partial charge in [-0.2, -0.15) is 4.99 Å². The molecule has 0 aromatic carbocycles. The summed E-state index contributed by atoms with van der Waals surface area (Å²) in [5.74, 6) is 1.19. The molecule has 0 aliphatic carbocycles. The van der Waals surface area contributed by atoms with Crippen molar-refractivity contribution in [3.05, 3.63) is 18.1 Å². The van der Waals surface area contributed by atoms with Gasteiger partial charge < -0.3 is 4.90 Å². The third kappa shape index (κ3) is 1.07. The molecular weight excluding hydrogens is 206 g/mol. The maximum atomic E-state index is 11.7. The highest BCUT2D eigenvalue weighted by atomic mass is 16.2. The molecule has 1 amide bonds. The Hall–Kier alpha value is -1.98. The molecular formula is C10H11N5O. The first kappa shape index (κ1) is 9.26. The average Bonchev–Trinajstić information content (AvgIpc) is 2.48. The lowest BCUT2D eigenvalue weighted by Gasteiger charge is -2.31. The zero-order valence-electron chi connectivity index (χ0n) is 9.06. The van der Waals surface area contributed by atoms with Crippen molar-refractivity contribution in [2.45, 2.75) is 25.9 Å². The summed E-state index contributed by atoms with van der Waals surface area (Å²) in [6.07, 6.45) is 3.20.